The molecule has 1 heterocycles. The van der Waals surface area contributed by atoms with Gasteiger partial charge in [0.2, 0.25) is 6.29 Å². The first kappa shape index (κ1) is 32.0. The Hall–Kier alpha value is -1.18. The van der Waals surface area contributed by atoms with E-state index in [-0.39, 0.29) is 5.75 Å². The second-order valence-electron chi connectivity index (χ2n) is 6.88. The molecule has 212 valence electrons. The topological polar surface area (TPSA) is 329 Å². The van der Waals surface area contributed by atoms with Gasteiger partial charge in [-0.05, 0) is 12.1 Å². The maximum Gasteiger partial charge on any atom is 0.470 e. The molecule has 0 aliphatic carbocycles. The van der Waals surface area contributed by atoms with Gasteiger partial charge < -0.3 is 48.6 Å². The van der Waals surface area contributed by atoms with Crippen molar-refractivity contribution in [3.63, 3.8) is 0 Å². The third kappa shape index (κ3) is 11.2. The predicted molar refractivity (Wildman–Crippen MR) is 111 cm³/mol. The van der Waals surface area contributed by atoms with Crippen LogP contribution in [-0.4, -0.2) is 81.4 Å². The van der Waals surface area contributed by atoms with Gasteiger partial charge in [0.25, 0.3) is 5.69 Å². The Morgan fingerprint density at radius 2 is 1.22 bits per heavy atom. The Balaban J connectivity index is 2.58. The van der Waals surface area contributed by atoms with Crippen molar-refractivity contribution >= 4 is 37.0 Å². The van der Waals surface area contributed by atoms with E-state index in [2.05, 4.69) is 18.1 Å². The number of benzene rings is 1. The molecule has 1 aliphatic rings. The van der Waals surface area contributed by atoms with Crippen LogP contribution in [0.25, 0.3) is 0 Å². The van der Waals surface area contributed by atoms with E-state index in [1.54, 1.807) is 0 Å². The number of non-ortho nitro benzene ring substituents is 1. The van der Waals surface area contributed by atoms with Gasteiger partial charge in [-0.3, -0.25) is 28.2 Å². The largest absolute Gasteiger partial charge is 0.470 e. The van der Waals surface area contributed by atoms with Crippen molar-refractivity contribution in [1.29, 1.82) is 0 Å². The van der Waals surface area contributed by atoms with Crippen LogP contribution in [0.2, 0.25) is 0 Å². The van der Waals surface area contributed by atoms with E-state index in [1.165, 1.54) is 0 Å². The molecule has 37 heavy (non-hydrogen) atoms. The highest BCUT2D eigenvalue weighted by Gasteiger charge is 2.55. The van der Waals surface area contributed by atoms with Gasteiger partial charge in [-0.1, -0.05) is 0 Å². The highest BCUT2D eigenvalue weighted by atomic mass is 31.2. The molecular weight excluding hydrogens is 602 g/mol. The second kappa shape index (κ2) is 11.9. The van der Waals surface area contributed by atoms with E-state index in [0.717, 1.165) is 24.3 Å². The smallest absolute Gasteiger partial charge is 0.462 e. The molecule has 0 spiro atoms. The summed E-state index contributed by atoms with van der Waals surface area (Å²) in [7, 11) is -22.3. The van der Waals surface area contributed by atoms with Crippen LogP contribution in [0.4, 0.5) is 5.69 Å². The third-order valence-electron chi connectivity index (χ3n) is 4.08. The summed E-state index contributed by atoms with van der Waals surface area (Å²) in [4.78, 5) is 83.6. The quantitative estimate of drug-likeness (QED) is 0.0807. The fourth-order valence-corrected chi connectivity index (χ4v) is 4.90. The van der Waals surface area contributed by atoms with Gasteiger partial charge in [0.05, 0.1) is 11.5 Å². The molecule has 0 radical (unpaired) electrons. The SMILES string of the molecule is O=[N+]([O-])c1ccc(O[C@@H]2O[C@H](COP(=O)(O)O)[C@@H](OP(=O)(O)O)[C@H](OP(=O)(O)O)[C@H]2OP(=O)(O)O)cc1. The Kier molecular flexibility index (Phi) is 10.3. The molecule has 2 rings (SSSR count). The van der Waals surface area contributed by atoms with Crippen molar-refractivity contribution in [3.05, 3.63) is 34.4 Å². The van der Waals surface area contributed by atoms with Crippen LogP contribution in [0.1, 0.15) is 0 Å². The van der Waals surface area contributed by atoms with Crippen LogP contribution >= 0.6 is 31.3 Å². The van der Waals surface area contributed by atoms with Crippen LogP contribution in [-0.2, 0) is 41.1 Å². The van der Waals surface area contributed by atoms with Crippen molar-refractivity contribution in [3.8, 4) is 5.75 Å². The molecule has 8 N–H and O–H groups in total. The molecule has 1 aliphatic heterocycles. The third-order valence-corrected chi connectivity index (χ3v) is 6.11. The number of hydrogen-bond acceptors (Lipinski definition) is 12. The van der Waals surface area contributed by atoms with E-state index >= 15 is 0 Å². The van der Waals surface area contributed by atoms with Gasteiger partial charge >= 0.3 is 31.3 Å². The zero-order valence-electron chi connectivity index (χ0n) is 17.6. The number of nitro groups is 1. The Morgan fingerprint density at radius 3 is 1.65 bits per heavy atom. The van der Waals surface area contributed by atoms with Crippen molar-refractivity contribution in [2.75, 3.05) is 6.61 Å². The lowest BCUT2D eigenvalue weighted by atomic mass is 9.99. The molecule has 0 amide bonds. The molecule has 0 saturated carbocycles. The van der Waals surface area contributed by atoms with Crippen molar-refractivity contribution in [1.82, 2.24) is 0 Å². The lowest BCUT2D eigenvalue weighted by Gasteiger charge is -2.44. The molecule has 1 aromatic carbocycles. The van der Waals surface area contributed by atoms with Crippen LogP contribution in [0.5, 0.6) is 5.75 Å². The van der Waals surface area contributed by atoms with E-state index in [4.69, 9.17) is 19.3 Å². The summed E-state index contributed by atoms with van der Waals surface area (Å²) in [5, 5.41) is 10.8. The van der Waals surface area contributed by atoms with E-state index in [0.29, 0.717) is 0 Å². The lowest BCUT2D eigenvalue weighted by molar-refractivity contribution is -0.384. The van der Waals surface area contributed by atoms with Crippen molar-refractivity contribution in [2.45, 2.75) is 30.7 Å². The van der Waals surface area contributed by atoms with E-state index < -0.39 is 79.2 Å². The first-order chi connectivity index (χ1) is 16.6. The average molecular weight is 621 g/mol. The molecule has 21 nitrogen and oxygen atoms in total. The maximum absolute atomic E-state index is 11.6. The first-order valence-electron chi connectivity index (χ1n) is 9.12. The summed E-state index contributed by atoms with van der Waals surface area (Å²) in [5.41, 5.74) is -0.425. The average Bonchev–Trinajstić information content (AvgIpc) is 2.68. The van der Waals surface area contributed by atoms with Gasteiger partial charge in [-0.25, -0.2) is 18.3 Å². The Morgan fingerprint density at radius 1 is 0.757 bits per heavy atom. The van der Waals surface area contributed by atoms with Crippen molar-refractivity contribution < 1.29 is 89.9 Å². The number of phosphoric acid groups is 4. The highest BCUT2D eigenvalue weighted by Crippen LogP contribution is 2.51. The number of phosphoric ester groups is 4. The van der Waals surface area contributed by atoms with Gasteiger partial charge in [0.15, 0.2) is 6.10 Å². The monoisotopic (exact) mass is 621 g/mol. The van der Waals surface area contributed by atoms with Crippen LogP contribution in [0.3, 0.4) is 0 Å². The van der Waals surface area contributed by atoms with Crippen LogP contribution < -0.4 is 4.74 Å². The fraction of sp³-hybridized carbons (Fsp3) is 0.500. The molecule has 1 fully saturated rings. The van der Waals surface area contributed by atoms with Gasteiger partial charge in [-0.2, -0.15) is 0 Å². The Bertz CT molecular complexity index is 1130. The zero-order chi connectivity index (χ0) is 28.4. The zero-order valence-corrected chi connectivity index (χ0v) is 21.2. The summed E-state index contributed by atoms with van der Waals surface area (Å²) >= 11 is 0. The predicted octanol–water partition coefficient (Wildman–Crippen LogP) is -0.759. The fourth-order valence-electron chi connectivity index (χ4n) is 2.89. The minimum atomic E-state index is -5.69. The summed E-state index contributed by atoms with van der Waals surface area (Å²) in [5.74, 6) is -0.339. The summed E-state index contributed by atoms with van der Waals surface area (Å²) < 4.78 is 73.7. The van der Waals surface area contributed by atoms with Gasteiger partial charge in [-0.15, -0.1) is 0 Å². The molecule has 5 atom stereocenters. The minimum Gasteiger partial charge on any atom is -0.462 e. The standard InChI is InChI=1S/C12H19NO20P4/c14-13(15)6-1-3-7(4-2-6)29-12-11(33-37(25,26)27)10(32-36(22,23)24)9(31-35(19,20)21)8(30-12)5-28-34(16,17)18/h1-4,8-12H,5H2,(H2,16,17,18)(H2,19,20,21)(H2,22,23,24)(H2,25,26,27)/t8-,9-,10+,11-,12-/m1/s1. The van der Waals surface area contributed by atoms with Gasteiger partial charge in [0.1, 0.15) is 24.1 Å². The van der Waals surface area contributed by atoms with E-state index in [9.17, 15) is 57.7 Å². The normalized spacial score (nSPS) is 25.6. The number of nitro benzene ring substituents is 1. The summed E-state index contributed by atoms with van der Waals surface area (Å²) in [6.45, 7) is -1.31. The second-order valence-corrected chi connectivity index (χ2v) is 11.7. The number of hydrogen-bond donors (Lipinski definition) is 8. The molecule has 0 bridgehead atoms. The van der Waals surface area contributed by atoms with E-state index in [1.807, 2.05) is 0 Å². The number of ether oxygens (including phenoxy) is 2. The number of nitrogens with zero attached hydrogens (tertiary/aromatic N) is 1. The van der Waals surface area contributed by atoms with Crippen LogP contribution in [0, 0.1) is 10.1 Å². The Labute approximate surface area is 205 Å². The van der Waals surface area contributed by atoms with Gasteiger partial charge in [0, 0.05) is 12.1 Å². The summed E-state index contributed by atoms with van der Waals surface area (Å²) in [6, 6.07) is 3.73. The minimum absolute atomic E-state index is 0.339. The molecule has 1 saturated heterocycles. The summed E-state index contributed by atoms with van der Waals surface area (Å²) in [6.07, 6.45) is -11.8. The first-order valence-corrected chi connectivity index (χ1v) is 15.2. The molecular formula is C12H19NO20P4. The molecule has 25 heteroatoms. The molecule has 0 aromatic heterocycles. The molecule has 1 aromatic rings. The number of rotatable bonds is 12. The van der Waals surface area contributed by atoms with Crippen LogP contribution in [0.15, 0.2) is 24.3 Å². The highest BCUT2D eigenvalue weighted by molar-refractivity contribution is 7.47. The maximum atomic E-state index is 11.6. The van der Waals surface area contributed by atoms with Crippen molar-refractivity contribution in [2.24, 2.45) is 0 Å². The lowest BCUT2D eigenvalue weighted by Crippen LogP contribution is -2.62. The molecule has 0 unspecified atom stereocenters.